The third-order valence-electron chi connectivity index (χ3n) is 2.16. The summed E-state index contributed by atoms with van der Waals surface area (Å²) in [7, 11) is 0. The normalized spacial score (nSPS) is 10.1. The van der Waals surface area contributed by atoms with Gasteiger partial charge < -0.3 is 0 Å². The van der Waals surface area contributed by atoms with Gasteiger partial charge >= 0.3 is 0 Å². The monoisotopic (exact) mass is 232 g/mol. The van der Waals surface area contributed by atoms with E-state index in [-0.39, 0.29) is 0 Å². The first-order chi connectivity index (χ1) is 7.70. The quantitative estimate of drug-likeness (QED) is 0.748. The fourth-order valence-corrected chi connectivity index (χ4v) is 1.62. The van der Waals surface area contributed by atoms with E-state index in [2.05, 4.69) is 9.97 Å². The van der Waals surface area contributed by atoms with Gasteiger partial charge in [0.1, 0.15) is 5.82 Å². The van der Waals surface area contributed by atoms with E-state index < -0.39 is 0 Å². The Morgan fingerprint density at radius 2 is 2.19 bits per heavy atom. The first-order valence-electron chi connectivity index (χ1n) is 4.75. The molecule has 2 rings (SSSR count). The molecule has 0 fully saturated rings. The van der Waals surface area contributed by atoms with Gasteiger partial charge in [-0.2, -0.15) is 0 Å². The Kier molecular flexibility index (Phi) is 2.97. The average Bonchev–Trinajstić information content (AvgIpc) is 2.29. The second-order valence-corrected chi connectivity index (χ2v) is 3.79. The van der Waals surface area contributed by atoms with E-state index in [1.165, 1.54) is 6.20 Å². The van der Waals surface area contributed by atoms with Crippen molar-refractivity contribution in [3.05, 3.63) is 46.9 Å². The fourth-order valence-electron chi connectivity index (χ4n) is 1.43. The lowest BCUT2D eigenvalue weighted by atomic mass is 10.1. The van der Waals surface area contributed by atoms with Crippen LogP contribution in [0.25, 0.3) is 11.3 Å². The fraction of sp³-hybridized carbons (Fsp3) is 0.0833. The topological polar surface area (TPSA) is 42.9 Å². The largest absolute Gasteiger partial charge is 0.298 e. The van der Waals surface area contributed by atoms with Crippen LogP contribution in [-0.2, 0) is 0 Å². The zero-order chi connectivity index (χ0) is 11.5. The van der Waals surface area contributed by atoms with Crippen LogP contribution in [0.3, 0.4) is 0 Å². The molecule has 0 saturated heterocycles. The summed E-state index contributed by atoms with van der Waals surface area (Å²) in [5.41, 5.74) is 1.90. The molecule has 2 aromatic rings. The minimum Gasteiger partial charge on any atom is -0.298 e. The molecule has 1 heterocycles. The summed E-state index contributed by atoms with van der Waals surface area (Å²) >= 11 is 5.90. The van der Waals surface area contributed by atoms with Crippen LogP contribution in [0.5, 0.6) is 0 Å². The van der Waals surface area contributed by atoms with Gasteiger partial charge in [0.25, 0.3) is 0 Å². The number of aryl methyl sites for hydroxylation is 1. The molecule has 0 aliphatic rings. The van der Waals surface area contributed by atoms with Crippen molar-refractivity contribution in [2.24, 2.45) is 0 Å². The molecule has 80 valence electrons. The molecular weight excluding hydrogens is 224 g/mol. The van der Waals surface area contributed by atoms with Gasteiger partial charge in [-0.05, 0) is 19.1 Å². The summed E-state index contributed by atoms with van der Waals surface area (Å²) in [5.74, 6) is 0.626. The van der Waals surface area contributed by atoms with E-state index in [1.807, 2.05) is 12.1 Å². The maximum Gasteiger partial charge on any atom is 0.153 e. The van der Waals surface area contributed by atoms with E-state index in [4.69, 9.17) is 11.6 Å². The molecule has 0 radical (unpaired) electrons. The standard InChI is InChI=1S/C12H9ClN2O/c1-8-14-6-10(7-16)12(15-8)9-3-2-4-11(13)5-9/h2-7H,1H3. The van der Waals surface area contributed by atoms with Crippen molar-refractivity contribution in [3.8, 4) is 11.3 Å². The number of carbonyl (C=O) groups is 1. The summed E-state index contributed by atoms with van der Waals surface area (Å²) in [5, 5.41) is 0.616. The molecule has 4 heteroatoms. The van der Waals surface area contributed by atoms with E-state index in [0.717, 1.165) is 11.8 Å². The SMILES string of the molecule is Cc1ncc(C=O)c(-c2cccc(Cl)c2)n1. The second-order valence-electron chi connectivity index (χ2n) is 3.35. The number of carbonyl (C=O) groups excluding carboxylic acids is 1. The van der Waals surface area contributed by atoms with E-state index in [1.54, 1.807) is 19.1 Å². The highest BCUT2D eigenvalue weighted by Gasteiger charge is 2.07. The highest BCUT2D eigenvalue weighted by molar-refractivity contribution is 6.30. The van der Waals surface area contributed by atoms with Gasteiger partial charge in [-0.1, -0.05) is 23.7 Å². The Morgan fingerprint density at radius 3 is 2.88 bits per heavy atom. The Bertz CT molecular complexity index is 540. The van der Waals surface area contributed by atoms with Gasteiger partial charge in [0.15, 0.2) is 6.29 Å². The number of aromatic nitrogens is 2. The maximum absolute atomic E-state index is 10.9. The molecule has 0 spiro atoms. The Hall–Kier alpha value is -1.74. The molecule has 1 aromatic carbocycles. The highest BCUT2D eigenvalue weighted by Crippen LogP contribution is 2.23. The van der Waals surface area contributed by atoms with Crippen LogP contribution in [0, 0.1) is 6.92 Å². The van der Waals surface area contributed by atoms with Crippen LogP contribution >= 0.6 is 11.6 Å². The van der Waals surface area contributed by atoms with Gasteiger partial charge in [-0.3, -0.25) is 4.79 Å². The Morgan fingerprint density at radius 1 is 1.38 bits per heavy atom. The van der Waals surface area contributed by atoms with Crippen LogP contribution in [-0.4, -0.2) is 16.3 Å². The van der Waals surface area contributed by atoms with Crippen molar-refractivity contribution in [3.63, 3.8) is 0 Å². The average molecular weight is 233 g/mol. The summed E-state index contributed by atoms with van der Waals surface area (Å²) in [6.07, 6.45) is 2.27. The molecule has 0 aliphatic carbocycles. The van der Waals surface area contributed by atoms with Crippen molar-refractivity contribution < 1.29 is 4.79 Å². The first-order valence-corrected chi connectivity index (χ1v) is 5.13. The lowest BCUT2D eigenvalue weighted by Crippen LogP contribution is -1.96. The van der Waals surface area contributed by atoms with Gasteiger partial charge in [-0.15, -0.1) is 0 Å². The number of hydrogen-bond donors (Lipinski definition) is 0. The molecule has 3 nitrogen and oxygen atoms in total. The zero-order valence-corrected chi connectivity index (χ0v) is 9.40. The third-order valence-corrected chi connectivity index (χ3v) is 2.40. The van der Waals surface area contributed by atoms with Crippen molar-refractivity contribution in [2.45, 2.75) is 6.92 Å². The van der Waals surface area contributed by atoms with Crippen LogP contribution in [0.1, 0.15) is 16.2 Å². The van der Waals surface area contributed by atoms with Crippen molar-refractivity contribution in [1.29, 1.82) is 0 Å². The first kappa shape index (κ1) is 10.8. The van der Waals surface area contributed by atoms with Crippen LogP contribution in [0.4, 0.5) is 0 Å². The molecule has 0 bridgehead atoms. The molecule has 1 aromatic heterocycles. The minimum absolute atomic E-state index is 0.466. The zero-order valence-electron chi connectivity index (χ0n) is 8.64. The number of halogens is 1. The number of hydrogen-bond acceptors (Lipinski definition) is 3. The second kappa shape index (κ2) is 4.41. The summed E-state index contributed by atoms with van der Waals surface area (Å²) in [6, 6.07) is 7.24. The lowest BCUT2D eigenvalue weighted by molar-refractivity contribution is 0.112. The maximum atomic E-state index is 10.9. The van der Waals surface area contributed by atoms with Crippen molar-refractivity contribution in [2.75, 3.05) is 0 Å². The lowest BCUT2D eigenvalue weighted by Gasteiger charge is -2.04. The van der Waals surface area contributed by atoms with Crippen molar-refractivity contribution in [1.82, 2.24) is 9.97 Å². The van der Waals surface area contributed by atoms with Crippen LogP contribution in [0.2, 0.25) is 5.02 Å². The molecule has 0 amide bonds. The van der Waals surface area contributed by atoms with E-state index in [0.29, 0.717) is 22.1 Å². The third kappa shape index (κ3) is 2.09. The van der Waals surface area contributed by atoms with E-state index in [9.17, 15) is 4.79 Å². The molecule has 0 N–H and O–H groups in total. The highest BCUT2D eigenvalue weighted by atomic mass is 35.5. The van der Waals surface area contributed by atoms with E-state index >= 15 is 0 Å². The number of rotatable bonds is 2. The summed E-state index contributed by atoms with van der Waals surface area (Å²) in [4.78, 5) is 19.1. The molecule has 0 atom stereocenters. The molecule has 16 heavy (non-hydrogen) atoms. The summed E-state index contributed by atoms with van der Waals surface area (Å²) in [6.45, 7) is 1.78. The number of benzene rings is 1. The predicted octanol–water partition coefficient (Wildman–Crippen LogP) is 2.92. The van der Waals surface area contributed by atoms with Gasteiger partial charge in [0.05, 0.1) is 11.3 Å². The summed E-state index contributed by atoms with van der Waals surface area (Å²) < 4.78 is 0. The number of nitrogens with zero attached hydrogens (tertiary/aromatic N) is 2. The van der Waals surface area contributed by atoms with Crippen LogP contribution < -0.4 is 0 Å². The van der Waals surface area contributed by atoms with Crippen LogP contribution in [0.15, 0.2) is 30.5 Å². The van der Waals surface area contributed by atoms with Crippen molar-refractivity contribution >= 4 is 17.9 Å². The predicted molar refractivity (Wildman–Crippen MR) is 62.6 cm³/mol. The smallest absolute Gasteiger partial charge is 0.153 e. The minimum atomic E-state index is 0.466. The van der Waals surface area contributed by atoms with Gasteiger partial charge in [0.2, 0.25) is 0 Å². The molecule has 0 aliphatic heterocycles. The molecular formula is C12H9ClN2O. The Balaban J connectivity index is 2.62. The molecule has 0 unspecified atom stereocenters. The van der Waals surface area contributed by atoms with Gasteiger partial charge in [0, 0.05) is 16.8 Å². The number of aldehydes is 1. The van der Waals surface area contributed by atoms with Gasteiger partial charge in [-0.25, -0.2) is 9.97 Å². The molecule has 0 saturated carbocycles. The Labute approximate surface area is 98.1 Å².